The molecule has 17 heavy (non-hydrogen) atoms. The standard InChI is InChI=1S/C13H17ClN2.ClH/c14-11-2-1-10-5-8-16(13(10)9-11)12-3-6-15-7-4-12;/h1-2,9,12,15H,3-8H2;1H. The minimum atomic E-state index is 0. The normalized spacial score (nSPS) is 19.9. The fourth-order valence-electron chi connectivity index (χ4n) is 2.87. The minimum Gasteiger partial charge on any atom is -0.368 e. The zero-order valence-corrected chi connectivity index (χ0v) is 11.4. The van der Waals surface area contributed by atoms with Crippen LogP contribution < -0.4 is 10.2 Å². The number of nitrogens with one attached hydrogen (secondary N) is 1. The van der Waals surface area contributed by atoms with Gasteiger partial charge in [0.15, 0.2) is 0 Å². The molecular formula is C13H18Cl2N2. The Kier molecular flexibility index (Phi) is 4.18. The van der Waals surface area contributed by atoms with Gasteiger partial charge in [-0.2, -0.15) is 0 Å². The van der Waals surface area contributed by atoms with E-state index in [0.717, 1.165) is 18.1 Å². The fraction of sp³-hybridized carbons (Fsp3) is 0.538. The Bertz CT molecular complexity index is 389. The van der Waals surface area contributed by atoms with Gasteiger partial charge >= 0.3 is 0 Å². The highest BCUT2D eigenvalue weighted by molar-refractivity contribution is 6.30. The van der Waals surface area contributed by atoms with Crippen molar-refractivity contribution in [2.45, 2.75) is 25.3 Å². The van der Waals surface area contributed by atoms with Gasteiger partial charge in [0, 0.05) is 23.3 Å². The first-order valence-corrected chi connectivity index (χ1v) is 6.48. The van der Waals surface area contributed by atoms with Gasteiger partial charge in [-0.05, 0) is 50.0 Å². The van der Waals surface area contributed by atoms with E-state index in [1.807, 2.05) is 6.07 Å². The highest BCUT2D eigenvalue weighted by Gasteiger charge is 2.27. The lowest BCUT2D eigenvalue weighted by atomic mass is 10.0. The van der Waals surface area contributed by atoms with Crippen LogP contribution in [-0.4, -0.2) is 25.7 Å². The van der Waals surface area contributed by atoms with Gasteiger partial charge in [0.05, 0.1) is 0 Å². The number of halogens is 2. The Morgan fingerprint density at radius 2 is 2.00 bits per heavy atom. The number of benzene rings is 1. The number of rotatable bonds is 1. The number of hydrogen-bond acceptors (Lipinski definition) is 2. The van der Waals surface area contributed by atoms with Crippen molar-refractivity contribution in [1.82, 2.24) is 5.32 Å². The highest BCUT2D eigenvalue weighted by Crippen LogP contribution is 2.33. The molecule has 2 aliphatic rings. The summed E-state index contributed by atoms with van der Waals surface area (Å²) in [7, 11) is 0. The van der Waals surface area contributed by atoms with Crippen LogP contribution in [0, 0.1) is 0 Å². The van der Waals surface area contributed by atoms with Crippen LogP contribution in [0.25, 0.3) is 0 Å². The molecule has 0 aliphatic carbocycles. The maximum atomic E-state index is 6.09. The predicted octanol–water partition coefficient (Wildman–Crippen LogP) is 2.88. The molecule has 0 saturated carbocycles. The smallest absolute Gasteiger partial charge is 0.0426 e. The second kappa shape index (κ2) is 5.47. The van der Waals surface area contributed by atoms with Gasteiger partial charge < -0.3 is 10.2 Å². The van der Waals surface area contributed by atoms with Crippen LogP contribution in [-0.2, 0) is 6.42 Å². The molecule has 1 N–H and O–H groups in total. The Hall–Kier alpha value is -0.440. The maximum absolute atomic E-state index is 6.09. The lowest BCUT2D eigenvalue weighted by Gasteiger charge is -2.33. The molecule has 2 nitrogen and oxygen atoms in total. The van der Waals surface area contributed by atoms with Crippen LogP contribution in [0.15, 0.2) is 18.2 Å². The average molecular weight is 273 g/mol. The Balaban J connectivity index is 0.00000108. The van der Waals surface area contributed by atoms with Gasteiger partial charge in [-0.3, -0.25) is 0 Å². The molecule has 1 aromatic carbocycles. The topological polar surface area (TPSA) is 15.3 Å². The number of hydrogen-bond donors (Lipinski definition) is 1. The first-order chi connectivity index (χ1) is 7.84. The van der Waals surface area contributed by atoms with Crippen LogP contribution in [0.4, 0.5) is 5.69 Å². The molecule has 0 spiro atoms. The monoisotopic (exact) mass is 272 g/mol. The zero-order valence-electron chi connectivity index (χ0n) is 9.79. The lowest BCUT2D eigenvalue weighted by Crippen LogP contribution is -2.42. The molecule has 0 atom stereocenters. The molecule has 0 amide bonds. The van der Waals surface area contributed by atoms with Crippen molar-refractivity contribution in [2.24, 2.45) is 0 Å². The van der Waals surface area contributed by atoms with E-state index in [1.165, 1.54) is 37.1 Å². The summed E-state index contributed by atoms with van der Waals surface area (Å²) in [5.74, 6) is 0. The summed E-state index contributed by atoms with van der Waals surface area (Å²) in [6.45, 7) is 3.47. The lowest BCUT2D eigenvalue weighted by molar-refractivity contribution is 0.435. The van der Waals surface area contributed by atoms with E-state index in [0.29, 0.717) is 6.04 Å². The molecule has 1 fully saturated rings. The molecule has 3 rings (SSSR count). The summed E-state index contributed by atoms with van der Waals surface area (Å²) >= 11 is 6.09. The van der Waals surface area contributed by atoms with Crippen molar-refractivity contribution in [2.75, 3.05) is 24.5 Å². The number of fused-ring (bicyclic) bond motifs is 1. The Labute approximate surface area is 114 Å². The van der Waals surface area contributed by atoms with E-state index in [1.54, 1.807) is 0 Å². The van der Waals surface area contributed by atoms with E-state index in [4.69, 9.17) is 11.6 Å². The Morgan fingerprint density at radius 3 is 2.76 bits per heavy atom. The van der Waals surface area contributed by atoms with E-state index < -0.39 is 0 Å². The summed E-state index contributed by atoms with van der Waals surface area (Å²) < 4.78 is 0. The second-order valence-corrected chi connectivity index (χ2v) is 5.13. The van der Waals surface area contributed by atoms with E-state index in [-0.39, 0.29) is 12.4 Å². The van der Waals surface area contributed by atoms with Crippen molar-refractivity contribution in [1.29, 1.82) is 0 Å². The molecule has 94 valence electrons. The largest absolute Gasteiger partial charge is 0.368 e. The summed E-state index contributed by atoms with van der Waals surface area (Å²) in [5, 5.41) is 4.28. The van der Waals surface area contributed by atoms with Crippen LogP contribution in [0.1, 0.15) is 18.4 Å². The highest BCUT2D eigenvalue weighted by atomic mass is 35.5. The summed E-state index contributed by atoms with van der Waals surface area (Å²) in [6.07, 6.45) is 3.69. The number of piperidine rings is 1. The maximum Gasteiger partial charge on any atom is 0.0426 e. The van der Waals surface area contributed by atoms with Crippen molar-refractivity contribution >= 4 is 29.7 Å². The quantitative estimate of drug-likeness (QED) is 0.846. The first-order valence-electron chi connectivity index (χ1n) is 6.10. The number of nitrogens with zero attached hydrogens (tertiary/aromatic N) is 1. The van der Waals surface area contributed by atoms with Crippen molar-refractivity contribution in [3.63, 3.8) is 0 Å². The molecule has 2 heterocycles. The number of anilines is 1. The van der Waals surface area contributed by atoms with Gasteiger partial charge in [0.2, 0.25) is 0 Å². The third-order valence-electron chi connectivity index (χ3n) is 3.73. The van der Waals surface area contributed by atoms with Crippen LogP contribution in [0.3, 0.4) is 0 Å². The summed E-state index contributed by atoms with van der Waals surface area (Å²) in [5.41, 5.74) is 2.84. The fourth-order valence-corrected chi connectivity index (χ4v) is 3.04. The molecular weight excluding hydrogens is 255 g/mol. The molecule has 0 radical (unpaired) electrons. The van der Waals surface area contributed by atoms with Gasteiger partial charge in [0.25, 0.3) is 0 Å². The molecule has 2 aliphatic heterocycles. The third-order valence-corrected chi connectivity index (χ3v) is 3.96. The van der Waals surface area contributed by atoms with Crippen molar-refractivity contribution < 1.29 is 0 Å². The molecule has 4 heteroatoms. The molecule has 1 saturated heterocycles. The molecule has 0 unspecified atom stereocenters. The van der Waals surface area contributed by atoms with Gasteiger partial charge in [-0.1, -0.05) is 17.7 Å². The SMILES string of the molecule is Cl.Clc1ccc2c(c1)N(C1CCNCC1)CC2. The van der Waals surface area contributed by atoms with Gasteiger partial charge in [-0.15, -0.1) is 12.4 Å². The summed E-state index contributed by atoms with van der Waals surface area (Å²) in [6, 6.07) is 7.03. The molecule has 1 aromatic rings. The van der Waals surface area contributed by atoms with Gasteiger partial charge in [-0.25, -0.2) is 0 Å². The van der Waals surface area contributed by atoms with Crippen LogP contribution >= 0.6 is 24.0 Å². The van der Waals surface area contributed by atoms with Crippen LogP contribution in [0.2, 0.25) is 5.02 Å². The van der Waals surface area contributed by atoms with E-state index in [2.05, 4.69) is 22.3 Å². The van der Waals surface area contributed by atoms with Gasteiger partial charge in [0.1, 0.15) is 0 Å². The second-order valence-electron chi connectivity index (χ2n) is 4.70. The van der Waals surface area contributed by atoms with E-state index >= 15 is 0 Å². The van der Waals surface area contributed by atoms with E-state index in [9.17, 15) is 0 Å². The average Bonchev–Trinajstić information content (AvgIpc) is 2.73. The Morgan fingerprint density at radius 1 is 1.24 bits per heavy atom. The third kappa shape index (κ3) is 2.54. The van der Waals surface area contributed by atoms with Crippen molar-refractivity contribution in [3.05, 3.63) is 28.8 Å². The molecule has 0 bridgehead atoms. The minimum absolute atomic E-state index is 0. The van der Waals surface area contributed by atoms with Crippen molar-refractivity contribution in [3.8, 4) is 0 Å². The zero-order chi connectivity index (χ0) is 11.0. The predicted molar refractivity (Wildman–Crippen MR) is 75.6 cm³/mol. The summed E-state index contributed by atoms with van der Waals surface area (Å²) in [4.78, 5) is 2.56. The van der Waals surface area contributed by atoms with Crippen LogP contribution in [0.5, 0.6) is 0 Å². The first kappa shape index (κ1) is 13.0. The molecule has 0 aromatic heterocycles.